The molecule has 7 nitrogen and oxygen atoms in total. The van der Waals surface area contributed by atoms with Crippen molar-refractivity contribution in [3.63, 3.8) is 0 Å². The van der Waals surface area contributed by atoms with Gasteiger partial charge in [0.2, 0.25) is 12.7 Å². The molecule has 0 saturated carbocycles. The van der Waals surface area contributed by atoms with Gasteiger partial charge in [0.1, 0.15) is 0 Å². The molecular formula is C18H25N3O4. The molecule has 1 unspecified atom stereocenters. The van der Waals surface area contributed by atoms with E-state index in [1.54, 1.807) is 0 Å². The van der Waals surface area contributed by atoms with Crippen LogP contribution < -0.4 is 20.5 Å². The van der Waals surface area contributed by atoms with E-state index < -0.39 is 6.03 Å². The molecule has 0 bridgehead atoms. The summed E-state index contributed by atoms with van der Waals surface area (Å²) in [5.41, 5.74) is 6.14. The van der Waals surface area contributed by atoms with E-state index in [9.17, 15) is 9.59 Å². The number of nitrogens with zero attached hydrogens (tertiary/aromatic N) is 1. The molecule has 25 heavy (non-hydrogen) atoms. The first kappa shape index (κ1) is 17.4. The summed E-state index contributed by atoms with van der Waals surface area (Å²) < 4.78 is 10.8. The van der Waals surface area contributed by atoms with Crippen LogP contribution in [-0.2, 0) is 10.2 Å². The fourth-order valence-corrected chi connectivity index (χ4v) is 3.26. The maximum atomic E-state index is 12.5. The van der Waals surface area contributed by atoms with Crippen LogP contribution >= 0.6 is 0 Å². The van der Waals surface area contributed by atoms with E-state index in [0.29, 0.717) is 19.6 Å². The number of hydrogen-bond donors (Lipinski definition) is 2. The van der Waals surface area contributed by atoms with Crippen LogP contribution in [0.4, 0.5) is 4.79 Å². The normalized spacial score (nSPS) is 19.6. The van der Waals surface area contributed by atoms with Gasteiger partial charge in [-0.15, -0.1) is 0 Å². The minimum absolute atomic E-state index is 0.0280. The van der Waals surface area contributed by atoms with Crippen LogP contribution in [0.5, 0.6) is 11.5 Å². The van der Waals surface area contributed by atoms with E-state index in [0.717, 1.165) is 29.9 Å². The van der Waals surface area contributed by atoms with Crippen molar-refractivity contribution in [3.8, 4) is 11.5 Å². The van der Waals surface area contributed by atoms with Gasteiger partial charge in [-0.05, 0) is 30.5 Å². The highest BCUT2D eigenvalue weighted by atomic mass is 16.7. The molecule has 1 fully saturated rings. The summed E-state index contributed by atoms with van der Waals surface area (Å²) >= 11 is 0. The Hall–Kier alpha value is -2.44. The lowest BCUT2D eigenvalue weighted by Gasteiger charge is -2.32. The van der Waals surface area contributed by atoms with Crippen molar-refractivity contribution < 1.29 is 19.1 Å². The van der Waals surface area contributed by atoms with Crippen molar-refractivity contribution in [2.24, 2.45) is 11.7 Å². The SMILES string of the molecule is CC(C)(CNC(=O)C1CCCN(C(N)=O)C1)c1ccc2c(c1)OCO2. The maximum Gasteiger partial charge on any atom is 0.314 e. The van der Waals surface area contributed by atoms with E-state index in [1.165, 1.54) is 4.90 Å². The molecule has 1 atom stereocenters. The van der Waals surface area contributed by atoms with Gasteiger partial charge >= 0.3 is 6.03 Å². The second kappa shape index (κ2) is 6.82. The quantitative estimate of drug-likeness (QED) is 0.865. The Labute approximate surface area is 147 Å². The third-order valence-corrected chi connectivity index (χ3v) is 4.96. The first-order valence-corrected chi connectivity index (χ1v) is 8.59. The molecule has 1 aromatic rings. The smallest absolute Gasteiger partial charge is 0.314 e. The fourth-order valence-electron chi connectivity index (χ4n) is 3.26. The zero-order chi connectivity index (χ0) is 18.0. The van der Waals surface area contributed by atoms with Gasteiger partial charge in [0, 0.05) is 25.0 Å². The third kappa shape index (κ3) is 3.81. The topological polar surface area (TPSA) is 93.9 Å². The third-order valence-electron chi connectivity index (χ3n) is 4.96. The van der Waals surface area contributed by atoms with Gasteiger partial charge in [-0.25, -0.2) is 4.79 Å². The number of hydrogen-bond acceptors (Lipinski definition) is 4. The molecule has 1 aromatic carbocycles. The number of carbonyl (C=O) groups excluding carboxylic acids is 2. The van der Waals surface area contributed by atoms with E-state index in [1.807, 2.05) is 18.2 Å². The number of nitrogens with two attached hydrogens (primary N) is 1. The average Bonchev–Trinajstić information content (AvgIpc) is 3.07. The van der Waals surface area contributed by atoms with Crippen LogP contribution in [0.2, 0.25) is 0 Å². The molecule has 0 aliphatic carbocycles. The predicted molar refractivity (Wildman–Crippen MR) is 92.5 cm³/mol. The minimum atomic E-state index is -0.460. The van der Waals surface area contributed by atoms with Crippen molar-refractivity contribution >= 4 is 11.9 Å². The minimum Gasteiger partial charge on any atom is -0.454 e. The number of likely N-dealkylation sites (tertiary alicyclic amines) is 1. The molecule has 2 aliphatic rings. The molecule has 0 radical (unpaired) electrons. The van der Waals surface area contributed by atoms with Crippen LogP contribution in [0.1, 0.15) is 32.3 Å². The number of benzene rings is 1. The van der Waals surface area contributed by atoms with Gasteiger partial charge < -0.3 is 25.4 Å². The van der Waals surface area contributed by atoms with Gasteiger partial charge in [-0.1, -0.05) is 19.9 Å². The van der Waals surface area contributed by atoms with Gasteiger partial charge in [0.25, 0.3) is 0 Å². The molecule has 3 amide bonds. The molecule has 2 aliphatic heterocycles. The Kier molecular flexibility index (Phi) is 4.74. The zero-order valence-corrected chi connectivity index (χ0v) is 14.7. The summed E-state index contributed by atoms with van der Waals surface area (Å²) in [6, 6.07) is 5.39. The molecule has 3 N–H and O–H groups in total. The number of ether oxygens (including phenoxy) is 2. The molecule has 7 heteroatoms. The van der Waals surface area contributed by atoms with Gasteiger partial charge in [-0.2, -0.15) is 0 Å². The average molecular weight is 347 g/mol. The van der Waals surface area contributed by atoms with Crippen molar-refractivity contribution in [2.75, 3.05) is 26.4 Å². The van der Waals surface area contributed by atoms with Crippen molar-refractivity contribution in [2.45, 2.75) is 32.1 Å². The standard InChI is InChI=1S/C18H25N3O4/c1-18(2,13-5-6-14-15(8-13)25-11-24-14)10-20-16(22)12-4-3-7-21(9-12)17(19)23/h5-6,8,12H,3-4,7,9-11H2,1-2H3,(H2,19,23)(H,20,22). The summed E-state index contributed by atoms with van der Waals surface area (Å²) in [4.78, 5) is 25.3. The lowest BCUT2D eigenvalue weighted by Crippen LogP contribution is -2.48. The van der Waals surface area contributed by atoms with Crippen molar-refractivity contribution in [1.82, 2.24) is 10.2 Å². The molecular weight excluding hydrogens is 322 g/mol. The van der Waals surface area contributed by atoms with Gasteiger partial charge in [-0.3, -0.25) is 4.79 Å². The van der Waals surface area contributed by atoms with Crippen LogP contribution in [0.25, 0.3) is 0 Å². The van der Waals surface area contributed by atoms with Gasteiger partial charge in [0.15, 0.2) is 11.5 Å². The first-order valence-electron chi connectivity index (χ1n) is 8.59. The summed E-state index contributed by atoms with van der Waals surface area (Å²) in [6.45, 7) is 5.91. The Balaban J connectivity index is 1.60. The number of carbonyl (C=O) groups is 2. The molecule has 2 heterocycles. The van der Waals surface area contributed by atoms with E-state index in [2.05, 4.69) is 19.2 Å². The van der Waals surface area contributed by atoms with Crippen LogP contribution in [0.15, 0.2) is 18.2 Å². The first-order chi connectivity index (χ1) is 11.9. The molecule has 136 valence electrons. The van der Waals surface area contributed by atoms with Crippen molar-refractivity contribution in [1.29, 1.82) is 0 Å². The molecule has 0 spiro atoms. The number of nitrogens with one attached hydrogen (secondary N) is 1. The lowest BCUT2D eigenvalue weighted by atomic mass is 9.84. The summed E-state index contributed by atoms with van der Waals surface area (Å²) in [5, 5.41) is 3.03. The predicted octanol–water partition coefficient (Wildman–Crippen LogP) is 1.60. The summed E-state index contributed by atoms with van der Waals surface area (Å²) in [7, 11) is 0. The highest BCUT2D eigenvalue weighted by molar-refractivity contribution is 5.80. The van der Waals surface area contributed by atoms with Gasteiger partial charge in [0.05, 0.1) is 5.92 Å². The number of primary amides is 1. The zero-order valence-electron chi connectivity index (χ0n) is 14.7. The number of piperidine rings is 1. The second-order valence-corrected chi connectivity index (χ2v) is 7.29. The number of amides is 3. The van der Waals surface area contributed by atoms with Crippen LogP contribution in [-0.4, -0.2) is 43.3 Å². The number of rotatable bonds is 4. The number of fused-ring (bicyclic) bond motifs is 1. The molecule has 1 saturated heterocycles. The van der Waals surface area contributed by atoms with Crippen molar-refractivity contribution in [3.05, 3.63) is 23.8 Å². The van der Waals surface area contributed by atoms with E-state index in [-0.39, 0.29) is 24.0 Å². The summed E-state index contributed by atoms with van der Waals surface area (Å²) in [5.74, 6) is 1.26. The Morgan fingerprint density at radius 1 is 1.32 bits per heavy atom. The Morgan fingerprint density at radius 2 is 2.08 bits per heavy atom. The fraction of sp³-hybridized carbons (Fsp3) is 0.556. The molecule has 3 rings (SSSR count). The van der Waals surface area contributed by atoms with Crippen LogP contribution in [0, 0.1) is 5.92 Å². The monoisotopic (exact) mass is 347 g/mol. The lowest BCUT2D eigenvalue weighted by molar-refractivity contribution is -0.126. The Bertz CT molecular complexity index is 674. The van der Waals surface area contributed by atoms with E-state index in [4.69, 9.17) is 15.2 Å². The number of urea groups is 1. The Morgan fingerprint density at radius 3 is 2.84 bits per heavy atom. The van der Waals surface area contributed by atoms with Crippen LogP contribution in [0.3, 0.4) is 0 Å². The maximum absolute atomic E-state index is 12.5. The largest absolute Gasteiger partial charge is 0.454 e. The highest BCUT2D eigenvalue weighted by Gasteiger charge is 2.30. The summed E-state index contributed by atoms with van der Waals surface area (Å²) in [6.07, 6.45) is 1.58. The second-order valence-electron chi connectivity index (χ2n) is 7.29. The highest BCUT2D eigenvalue weighted by Crippen LogP contribution is 2.36. The molecule has 0 aromatic heterocycles. The van der Waals surface area contributed by atoms with E-state index >= 15 is 0 Å².